The van der Waals surface area contributed by atoms with Gasteiger partial charge in [0.25, 0.3) is 5.91 Å². The number of amides is 1. The Morgan fingerprint density at radius 3 is 2.67 bits per heavy atom. The van der Waals surface area contributed by atoms with Crippen LogP contribution in [0, 0.1) is 19.8 Å². The van der Waals surface area contributed by atoms with Gasteiger partial charge in [-0.1, -0.05) is 20.8 Å². The van der Waals surface area contributed by atoms with Crippen LogP contribution in [0.15, 0.2) is 6.07 Å². The predicted molar refractivity (Wildman–Crippen MR) is 89.9 cm³/mol. The SMILES string of the molecule is CCC(NC(=O)c1sc2cc(C)nc(C)c2c1N)C(C)C. The van der Waals surface area contributed by atoms with E-state index < -0.39 is 0 Å². The Balaban J connectivity index is 2.41. The molecule has 0 saturated heterocycles. The summed E-state index contributed by atoms with van der Waals surface area (Å²) in [6, 6.07) is 2.16. The van der Waals surface area contributed by atoms with Crippen LogP contribution in [0.1, 0.15) is 48.3 Å². The Morgan fingerprint density at radius 2 is 2.10 bits per heavy atom. The highest BCUT2D eigenvalue weighted by atomic mass is 32.1. The lowest BCUT2D eigenvalue weighted by Crippen LogP contribution is -2.37. The third-order valence-corrected chi connectivity index (χ3v) is 4.94. The van der Waals surface area contributed by atoms with Crippen LogP contribution in [0.25, 0.3) is 10.1 Å². The van der Waals surface area contributed by atoms with Crippen molar-refractivity contribution in [3.63, 3.8) is 0 Å². The zero-order valence-electron chi connectivity index (χ0n) is 13.3. The summed E-state index contributed by atoms with van der Waals surface area (Å²) in [6.07, 6.45) is 0.911. The normalized spacial score (nSPS) is 12.9. The van der Waals surface area contributed by atoms with Crippen LogP contribution in [0.4, 0.5) is 5.69 Å². The number of thiophene rings is 1. The van der Waals surface area contributed by atoms with Crippen molar-refractivity contribution in [2.75, 3.05) is 5.73 Å². The highest BCUT2D eigenvalue weighted by molar-refractivity contribution is 7.21. The van der Waals surface area contributed by atoms with E-state index in [1.165, 1.54) is 11.3 Å². The summed E-state index contributed by atoms with van der Waals surface area (Å²) in [5.41, 5.74) is 8.57. The van der Waals surface area contributed by atoms with Crippen molar-refractivity contribution in [2.24, 2.45) is 5.92 Å². The fraction of sp³-hybridized carbons (Fsp3) is 0.500. The van der Waals surface area contributed by atoms with E-state index in [4.69, 9.17) is 5.73 Å². The number of aromatic nitrogens is 1. The van der Waals surface area contributed by atoms with E-state index in [0.717, 1.165) is 27.9 Å². The first-order valence-corrected chi connectivity index (χ1v) is 8.13. The number of nitrogens with one attached hydrogen (secondary N) is 1. The maximum atomic E-state index is 12.5. The maximum Gasteiger partial charge on any atom is 0.263 e. The van der Waals surface area contributed by atoms with Gasteiger partial charge < -0.3 is 11.1 Å². The van der Waals surface area contributed by atoms with Crippen LogP contribution in [0.3, 0.4) is 0 Å². The van der Waals surface area contributed by atoms with Crippen molar-refractivity contribution in [3.05, 3.63) is 22.3 Å². The summed E-state index contributed by atoms with van der Waals surface area (Å²) in [4.78, 5) is 17.5. The van der Waals surface area contributed by atoms with Crippen LogP contribution in [-0.2, 0) is 0 Å². The van der Waals surface area contributed by atoms with Gasteiger partial charge >= 0.3 is 0 Å². The Morgan fingerprint density at radius 1 is 1.43 bits per heavy atom. The van der Waals surface area contributed by atoms with Gasteiger partial charge in [0, 0.05) is 27.5 Å². The first-order valence-electron chi connectivity index (χ1n) is 7.32. The van der Waals surface area contributed by atoms with Gasteiger partial charge in [0.05, 0.1) is 5.69 Å². The molecular weight excluding hydrogens is 282 g/mol. The number of aryl methyl sites for hydroxylation is 2. The van der Waals surface area contributed by atoms with Crippen molar-refractivity contribution in [3.8, 4) is 0 Å². The average Bonchev–Trinajstić information content (AvgIpc) is 2.72. The zero-order valence-corrected chi connectivity index (χ0v) is 14.1. The lowest BCUT2D eigenvalue weighted by atomic mass is 10.0. The minimum atomic E-state index is -0.0775. The van der Waals surface area contributed by atoms with E-state index in [1.54, 1.807) is 0 Å². The van der Waals surface area contributed by atoms with Crippen molar-refractivity contribution in [1.82, 2.24) is 10.3 Å². The standard InChI is InChI=1S/C16H23N3OS/c1-6-11(8(2)3)19-16(20)15-14(17)13-10(5)18-9(4)7-12(13)21-15/h7-8,11H,6,17H2,1-5H3,(H,19,20). The van der Waals surface area contributed by atoms with Crippen LogP contribution in [0.2, 0.25) is 0 Å². The molecule has 0 aromatic carbocycles. The van der Waals surface area contributed by atoms with E-state index in [0.29, 0.717) is 16.5 Å². The molecule has 4 nitrogen and oxygen atoms in total. The highest BCUT2D eigenvalue weighted by Crippen LogP contribution is 2.35. The number of nitrogen functional groups attached to an aromatic ring is 1. The van der Waals surface area contributed by atoms with Crippen LogP contribution >= 0.6 is 11.3 Å². The van der Waals surface area contributed by atoms with E-state index in [9.17, 15) is 4.79 Å². The molecule has 0 bridgehead atoms. The van der Waals surface area contributed by atoms with Gasteiger partial charge in [-0.15, -0.1) is 11.3 Å². The monoisotopic (exact) mass is 305 g/mol. The van der Waals surface area contributed by atoms with E-state index in [-0.39, 0.29) is 11.9 Å². The van der Waals surface area contributed by atoms with Crippen molar-refractivity contribution < 1.29 is 4.79 Å². The Labute approximate surface area is 129 Å². The van der Waals surface area contributed by atoms with Crippen molar-refractivity contribution >= 4 is 33.0 Å². The zero-order chi connectivity index (χ0) is 15.7. The number of carbonyl (C=O) groups is 1. The molecular formula is C16H23N3OS. The summed E-state index contributed by atoms with van der Waals surface area (Å²) >= 11 is 1.45. The van der Waals surface area contributed by atoms with Gasteiger partial charge in [0.15, 0.2) is 0 Å². The number of nitrogens with zero attached hydrogens (tertiary/aromatic N) is 1. The summed E-state index contributed by atoms with van der Waals surface area (Å²) in [7, 11) is 0. The number of hydrogen-bond acceptors (Lipinski definition) is 4. The molecule has 0 spiro atoms. The molecule has 5 heteroatoms. The fourth-order valence-electron chi connectivity index (χ4n) is 2.62. The first-order chi connectivity index (χ1) is 9.85. The Kier molecular flexibility index (Phi) is 4.52. The van der Waals surface area contributed by atoms with Crippen LogP contribution < -0.4 is 11.1 Å². The molecule has 0 radical (unpaired) electrons. The molecule has 0 saturated carbocycles. The van der Waals surface area contributed by atoms with Gasteiger partial charge in [0.2, 0.25) is 0 Å². The van der Waals surface area contributed by atoms with Gasteiger partial charge in [-0.25, -0.2) is 0 Å². The van der Waals surface area contributed by atoms with E-state index in [1.807, 2.05) is 19.9 Å². The molecule has 2 heterocycles. The van der Waals surface area contributed by atoms with Crippen molar-refractivity contribution in [1.29, 1.82) is 0 Å². The smallest absolute Gasteiger partial charge is 0.263 e. The van der Waals surface area contributed by atoms with E-state index in [2.05, 4.69) is 31.1 Å². The average molecular weight is 305 g/mol. The van der Waals surface area contributed by atoms with Crippen LogP contribution in [-0.4, -0.2) is 16.9 Å². The second kappa shape index (κ2) is 6.02. The highest BCUT2D eigenvalue weighted by Gasteiger charge is 2.21. The molecule has 21 heavy (non-hydrogen) atoms. The Bertz CT molecular complexity index is 676. The minimum Gasteiger partial charge on any atom is -0.397 e. The molecule has 1 atom stereocenters. The molecule has 2 aromatic heterocycles. The molecule has 2 aromatic rings. The largest absolute Gasteiger partial charge is 0.397 e. The third-order valence-electron chi connectivity index (χ3n) is 3.79. The quantitative estimate of drug-likeness (QED) is 0.905. The lowest BCUT2D eigenvalue weighted by Gasteiger charge is -2.20. The summed E-state index contributed by atoms with van der Waals surface area (Å²) in [5.74, 6) is 0.325. The maximum absolute atomic E-state index is 12.5. The predicted octanol–water partition coefficient (Wildman–Crippen LogP) is 3.66. The first kappa shape index (κ1) is 15.8. The number of hydrogen-bond donors (Lipinski definition) is 2. The molecule has 3 N–H and O–H groups in total. The second-order valence-corrected chi connectivity index (χ2v) is 6.85. The van der Waals surface area contributed by atoms with Gasteiger partial charge in [-0.05, 0) is 32.3 Å². The number of carbonyl (C=O) groups excluding carboxylic acids is 1. The number of anilines is 1. The topological polar surface area (TPSA) is 68.0 Å². The fourth-order valence-corrected chi connectivity index (χ4v) is 3.79. The lowest BCUT2D eigenvalue weighted by molar-refractivity contribution is 0.0929. The molecule has 0 aliphatic carbocycles. The molecule has 0 aliphatic heterocycles. The number of rotatable bonds is 4. The van der Waals surface area contributed by atoms with E-state index >= 15 is 0 Å². The summed E-state index contributed by atoms with van der Waals surface area (Å²) < 4.78 is 1.03. The minimum absolute atomic E-state index is 0.0775. The molecule has 2 rings (SSSR count). The third kappa shape index (κ3) is 3.02. The van der Waals surface area contributed by atoms with Gasteiger partial charge in [-0.3, -0.25) is 9.78 Å². The summed E-state index contributed by atoms with van der Waals surface area (Å²) in [6.45, 7) is 10.2. The van der Waals surface area contributed by atoms with Gasteiger partial charge in [0.1, 0.15) is 4.88 Å². The molecule has 114 valence electrons. The van der Waals surface area contributed by atoms with Crippen molar-refractivity contribution in [2.45, 2.75) is 47.1 Å². The molecule has 1 unspecified atom stereocenters. The van der Waals surface area contributed by atoms with Crippen LogP contribution in [0.5, 0.6) is 0 Å². The number of pyridine rings is 1. The molecule has 0 aliphatic rings. The molecule has 0 fully saturated rings. The number of nitrogens with two attached hydrogens (primary N) is 1. The Hall–Kier alpha value is -1.62. The second-order valence-electron chi connectivity index (χ2n) is 5.80. The number of fused-ring (bicyclic) bond motifs is 1. The summed E-state index contributed by atoms with van der Waals surface area (Å²) in [5, 5.41) is 4.00. The van der Waals surface area contributed by atoms with Gasteiger partial charge in [-0.2, -0.15) is 0 Å². The molecule has 1 amide bonds.